The highest BCUT2D eigenvalue weighted by Crippen LogP contribution is 2.24. The van der Waals surface area contributed by atoms with Gasteiger partial charge in [-0.3, -0.25) is 9.59 Å². The summed E-state index contributed by atoms with van der Waals surface area (Å²) < 4.78 is 0. The molecule has 4 nitrogen and oxygen atoms in total. The smallest absolute Gasteiger partial charge is 0.254 e. The molecule has 4 heteroatoms. The fraction of sp³-hybridized carbons (Fsp3) is 0.304. The Balaban J connectivity index is 1.77. The van der Waals surface area contributed by atoms with Crippen molar-refractivity contribution >= 4 is 11.8 Å². The molecule has 2 N–H and O–H groups in total. The van der Waals surface area contributed by atoms with Crippen molar-refractivity contribution in [1.29, 1.82) is 0 Å². The Hall–Kier alpha value is -2.88. The molecule has 2 aromatic rings. The van der Waals surface area contributed by atoms with E-state index >= 15 is 0 Å². The number of rotatable bonds is 7. The van der Waals surface area contributed by atoms with Crippen molar-refractivity contribution in [2.45, 2.75) is 38.6 Å². The van der Waals surface area contributed by atoms with E-state index in [1.165, 1.54) is 0 Å². The van der Waals surface area contributed by atoms with Crippen molar-refractivity contribution in [1.82, 2.24) is 4.90 Å². The quantitative estimate of drug-likeness (QED) is 0.758. The van der Waals surface area contributed by atoms with Crippen LogP contribution in [-0.4, -0.2) is 29.3 Å². The lowest BCUT2D eigenvalue weighted by molar-refractivity contribution is -0.117. The zero-order valence-electron chi connectivity index (χ0n) is 15.7. The van der Waals surface area contributed by atoms with Gasteiger partial charge >= 0.3 is 0 Å². The SMILES string of the molecule is CCCC[C@H]1C=CCN1C(=O)c1cccc(-c2ccc(CC(N)=O)cc2)c1. The van der Waals surface area contributed by atoms with E-state index < -0.39 is 0 Å². The molecular weight excluding hydrogens is 336 g/mol. The van der Waals surface area contributed by atoms with E-state index in [1.807, 2.05) is 53.4 Å². The Labute approximate surface area is 160 Å². The third-order valence-electron chi connectivity index (χ3n) is 4.95. The van der Waals surface area contributed by atoms with Crippen molar-refractivity contribution in [3.63, 3.8) is 0 Å². The Kier molecular flexibility index (Phi) is 6.07. The van der Waals surface area contributed by atoms with Crippen LogP contribution in [0.2, 0.25) is 0 Å². The van der Waals surface area contributed by atoms with Crippen LogP contribution in [0.3, 0.4) is 0 Å². The number of amides is 2. The number of carbonyl (C=O) groups excluding carboxylic acids is 2. The Morgan fingerprint density at radius 3 is 2.59 bits per heavy atom. The maximum absolute atomic E-state index is 13.0. The normalized spacial score (nSPS) is 15.9. The molecule has 1 heterocycles. The summed E-state index contributed by atoms with van der Waals surface area (Å²) >= 11 is 0. The number of nitrogens with zero attached hydrogens (tertiary/aromatic N) is 1. The summed E-state index contributed by atoms with van der Waals surface area (Å²) in [5.41, 5.74) is 8.84. The average molecular weight is 362 g/mol. The lowest BCUT2D eigenvalue weighted by atomic mass is 10.00. The maximum atomic E-state index is 13.0. The molecule has 1 atom stereocenters. The predicted molar refractivity (Wildman–Crippen MR) is 108 cm³/mol. The number of carbonyl (C=O) groups is 2. The molecule has 3 rings (SSSR count). The third kappa shape index (κ3) is 4.64. The van der Waals surface area contributed by atoms with Crippen molar-refractivity contribution in [3.05, 3.63) is 71.8 Å². The van der Waals surface area contributed by atoms with Crippen LogP contribution in [0.4, 0.5) is 0 Å². The molecule has 0 unspecified atom stereocenters. The summed E-state index contributed by atoms with van der Waals surface area (Å²) in [5, 5.41) is 0. The van der Waals surface area contributed by atoms with E-state index in [1.54, 1.807) is 0 Å². The molecule has 0 bridgehead atoms. The number of nitrogens with two attached hydrogens (primary N) is 1. The number of unbranched alkanes of at least 4 members (excludes halogenated alkanes) is 1. The van der Waals surface area contributed by atoms with Crippen molar-refractivity contribution in [3.8, 4) is 11.1 Å². The van der Waals surface area contributed by atoms with Gasteiger partial charge in [-0.15, -0.1) is 0 Å². The second-order valence-corrected chi connectivity index (χ2v) is 7.02. The summed E-state index contributed by atoms with van der Waals surface area (Å²) in [7, 11) is 0. The van der Waals surface area contributed by atoms with E-state index in [2.05, 4.69) is 19.1 Å². The Bertz CT molecular complexity index is 840. The van der Waals surface area contributed by atoms with E-state index in [0.29, 0.717) is 12.1 Å². The van der Waals surface area contributed by atoms with Crippen molar-refractivity contribution in [2.75, 3.05) is 6.54 Å². The molecule has 0 saturated carbocycles. The highest BCUT2D eigenvalue weighted by molar-refractivity contribution is 5.96. The first kappa shape index (κ1) is 18.9. The molecule has 0 aliphatic carbocycles. The fourth-order valence-electron chi connectivity index (χ4n) is 3.48. The van der Waals surface area contributed by atoms with Gasteiger partial charge in [0.25, 0.3) is 5.91 Å². The molecule has 2 amide bonds. The minimum atomic E-state index is -0.341. The topological polar surface area (TPSA) is 63.4 Å². The van der Waals surface area contributed by atoms with Crippen LogP contribution in [0.15, 0.2) is 60.7 Å². The average Bonchev–Trinajstić information content (AvgIpc) is 3.14. The summed E-state index contributed by atoms with van der Waals surface area (Å²) in [4.78, 5) is 26.0. The summed E-state index contributed by atoms with van der Waals surface area (Å²) in [5.74, 6) is -0.263. The fourth-order valence-corrected chi connectivity index (χ4v) is 3.48. The molecule has 27 heavy (non-hydrogen) atoms. The zero-order chi connectivity index (χ0) is 19.2. The molecule has 0 aromatic heterocycles. The zero-order valence-corrected chi connectivity index (χ0v) is 15.7. The molecule has 0 spiro atoms. The standard InChI is InChI=1S/C23H26N2O2/c1-2-3-8-21-9-5-14-25(21)23(27)20-7-4-6-19(16-20)18-12-10-17(11-13-18)15-22(24)26/h4-7,9-13,16,21H,2-3,8,14-15H2,1H3,(H2,24,26)/t21-/m0/s1. The minimum Gasteiger partial charge on any atom is -0.369 e. The molecule has 2 aromatic carbocycles. The molecule has 0 radical (unpaired) electrons. The molecular formula is C23H26N2O2. The van der Waals surface area contributed by atoms with Gasteiger partial charge in [0, 0.05) is 12.1 Å². The summed E-state index contributed by atoms with van der Waals surface area (Å²) in [6, 6.07) is 15.7. The van der Waals surface area contributed by atoms with Gasteiger partial charge in [-0.2, -0.15) is 0 Å². The van der Waals surface area contributed by atoms with Gasteiger partial charge in [0.05, 0.1) is 12.5 Å². The highest BCUT2D eigenvalue weighted by atomic mass is 16.2. The Morgan fingerprint density at radius 2 is 1.89 bits per heavy atom. The van der Waals surface area contributed by atoms with Crippen LogP contribution in [0.5, 0.6) is 0 Å². The largest absolute Gasteiger partial charge is 0.369 e. The van der Waals surface area contributed by atoms with E-state index in [9.17, 15) is 9.59 Å². The summed E-state index contributed by atoms with van der Waals surface area (Å²) in [6.07, 6.45) is 7.73. The van der Waals surface area contributed by atoms with Crippen molar-refractivity contribution in [2.24, 2.45) is 5.73 Å². The van der Waals surface area contributed by atoms with Crippen LogP contribution < -0.4 is 5.73 Å². The lowest BCUT2D eigenvalue weighted by Crippen LogP contribution is -2.36. The molecule has 0 fully saturated rings. The van der Waals surface area contributed by atoms with Gasteiger partial charge in [-0.25, -0.2) is 0 Å². The second kappa shape index (κ2) is 8.67. The molecule has 0 saturated heterocycles. The number of primary amides is 1. The highest BCUT2D eigenvalue weighted by Gasteiger charge is 2.25. The molecule has 140 valence electrons. The van der Waals surface area contributed by atoms with E-state index in [-0.39, 0.29) is 24.3 Å². The molecule has 1 aliphatic heterocycles. The lowest BCUT2D eigenvalue weighted by Gasteiger charge is -2.25. The number of hydrogen-bond donors (Lipinski definition) is 1. The minimum absolute atomic E-state index is 0.0771. The van der Waals surface area contributed by atoms with Crippen LogP contribution in [-0.2, 0) is 11.2 Å². The first-order chi connectivity index (χ1) is 13.1. The maximum Gasteiger partial charge on any atom is 0.254 e. The van der Waals surface area contributed by atoms with Gasteiger partial charge in [-0.05, 0) is 35.2 Å². The van der Waals surface area contributed by atoms with Crippen LogP contribution in [0.25, 0.3) is 11.1 Å². The first-order valence-corrected chi connectivity index (χ1v) is 9.54. The van der Waals surface area contributed by atoms with Gasteiger partial charge in [0.1, 0.15) is 0 Å². The van der Waals surface area contributed by atoms with E-state index in [0.717, 1.165) is 36.0 Å². The Morgan fingerprint density at radius 1 is 1.11 bits per heavy atom. The molecule has 1 aliphatic rings. The number of benzene rings is 2. The van der Waals surface area contributed by atoms with Crippen LogP contribution >= 0.6 is 0 Å². The second-order valence-electron chi connectivity index (χ2n) is 7.02. The third-order valence-corrected chi connectivity index (χ3v) is 4.95. The number of hydrogen-bond acceptors (Lipinski definition) is 2. The van der Waals surface area contributed by atoms with Crippen LogP contribution in [0.1, 0.15) is 42.1 Å². The predicted octanol–water partition coefficient (Wildman–Crippen LogP) is 3.95. The monoisotopic (exact) mass is 362 g/mol. The van der Waals surface area contributed by atoms with Crippen molar-refractivity contribution < 1.29 is 9.59 Å². The van der Waals surface area contributed by atoms with Gasteiger partial charge < -0.3 is 10.6 Å². The first-order valence-electron chi connectivity index (χ1n) is 9.54. The van der Waals surface area contributed by atoms with Gasteiger partial charge in [-0.1, -0.05) is 68.3 Å². The van der Waals surface area contributed by atoms with Gasteiger partial charge in [0.2, 0.25) is 5.91 Å². The summed E-state index contributed by atoms with van der Waals surface area (Å²) in [6.45, 7) is 2.85. The van der Waals surface area contributed by atoms with Crippen LogP contribution in [0, 0.1) is 0 Å². The van der Waals surface area contributed by atoms with E-state index in [4.69, 9.17) is 5.73 Å². The van der Waals surface area contributed by atoms with Gasteiger partial charge in [0.15, 0.2) is 0 Å².